The van der Waals surface area contributed by atoms with E-state index in [1.165, 1.54) is 0 Å². The molecular formula is C12H19N3O2. The van der Waals surface area contributed by atoms with E-state index in [2.05, 4.69) is 17.2 Å². The summed E-state index contributed by atoms with van der Waals surface area (Å²) in [5.41, 5.74) is 6.32. The molecular weight excluding hydrogens is 218 g/mol. The highest BCUT2D eigenvalue weighted by Crippen LogP contribution is 2.27. The predicted octanol–water partition coefficient (Wildman–Crippen LogP) is 1.65. The number of rotatable bonds is 3. The monoisotopic (exact) mass is 237 g/mol. The fourth-order valence-corrected chi connectivity index (χ4v) is 1.94. The van der Waals surface area contributed by atoms with Gasteiger partial charge in [0.15, 0.2) is 0 Å². The SMILES string of the molecule is COc1nc(NC2(C)CCOCC2)ccc1N. The molecule has 3 N–H and O–H groups in total. The number of hydrogen-bond donors (Lipinski definition) is 2. The van der Waals surface area contributed by atoms with Crippen molar-refractivity contribution in [2.75, 3.05) is 31.4 Å². The molecule has 94 valence electrons. The van der Waals surface area contributed by atoms with Gasteiger partial charge in [0.1, 0.15) is 5.82 Å². The van der Waals surface area contributed by atoms with Crippen molar-refractivity contribution in [1.29, 1.82) is 0 Å². The first-order chi connectivity index (χ1) is 8.13. The Morgan fingerprint density at radius 3 is 2.76 bits per heavy atom. The molecule has 1 aliphatic heterocycles. The third-order valence-corrected chi connectivity index (χ3v) is 3.11. The van der Waals surface area contributed by atoms with Gasteiger partial charge in [-0.25, -0.2) is 0 Å². The van der Waals surface area contributed by atoms with Crippen molar-refractivity contribution in [3.8, 4) is 5.88 Å². The van der Waals surface area contributed by atoms with Gasteiger partial charge in [-0.2, -0.15) is 4.98 Å². The quantitative estimate of drug-likeness (QED) is 0.836. The maximum Gasteiger partial charge on any atom is 0.238 e. The molecule has 0 saturated carbocycles. The first kappa shape index (κ1) is 12.0. The van der Waals surface area contributed by atoms with Gasteiger partial charge in [0.05, 0.1) is 12.8 Å². The first-order valence-corrected chi connectivity index (χ1v) is 5.79. The Morgan fingerprint density at radius 1 is 1.41 bits per heavy atom. The summed E-state index contributed by atoms with van der Waals surface area (Å²) in [4.78, 5) is 4.33. The molecule has 5 heteroatoms. The second kappa shape index (κ2) is 4.79. The van der Waals surface area contributed by atoms with Crippen molar-refractivity contribution in [1.82, 2.24) is 4.98 Å². The summed E-state index contributed by atoms with van der Waals surface area (Å²) in [5.74, 6) is 1.26. The van der Waals surface area contributed by atoms with E-state index in [0.29, 0.717) is 11.6 Å². The number of pyridine rings is 1. The molecule has 0 atom stereocenters. The Kier molecular flexibility index (Phi) is 3.38. The van der Waals surface area contributed by atoms with Gasteiger partial charge in [-0.15, -0.1) is 0 Å². The fraction of sp³-hybridized carbons (Fsp3) is 0.583. The van der Waals surface area contributed by atoms with Crippen molar-refractivity contribution in [3.05, 3.63) is 12.1 Å². The van der Waals surface area contributed by atoms with Crippen LogP contribution in [0, 0.1) is 0 Å². The van der Waals surface area contributed by atoms with Crippen LogP contribution in [0.5, 0.6) is 5.88 Å². The topological polar surface area (TPSA) is 69.4 Å². The molecule has 1 aromatic rings. The van der Waals surface area contributed by atoms with E-state index in [1.807, 2.05) is 6.07 Å². The number of nitrogen functional groups attached to an aromatic ring is 1. The van der Waals surface area contributed by atoms with E-state index in [0.717, 1.165) is 31.9 Å². The number of nitrogens with zero attached hydrogens (tertiary/aromatic N) is 1. The van der Waals surface area contributed by atoms with Gasteiger partial charge >= 0.3 is 0 Å². The molecule has 1 fully saturated rings. The van der Waals surface area contributed by atoms with Gasteiger partial charge in [-0.05, 0) is 31.9 Å². The average molecular weight is 237 g/mol. The van der Waals surface area contributed by atoms with Crippen LogP contribution in [0.2, 0.25) is 0 Å². The van der Waals surface area contributed by atoms with E-state index >= 15 is 0 Å². The van der Waals surface area contributed by atoms with Crippen LogP contribution < -0.4 is 15.8 Å². The van der Waals surface area contributed by atoms with Gasteiger partial charge in [-0.3, -0.25) is 0 Å². The van der Waals surface area contributed by atoms with Crippen LogP contribution in [0.1, 0.15) is 19.8 Å². The van der Waals surface area contributed by atoms with Gasteiger partial charge in [0, 0.05) is 18.8 Å². The lowest BCUT2D eigenvalue weighted by Crippen LogP contribution is -2.40. The molecule has 0 amide bonds. The first-order valence-electron chi connectivity index (χ1n) is 5.79. The van der Waals surface area contributed by atoms with Crippen LogP contribution in [0.15, 0.2) is 12.1 Å². The largest absolute Gasteiger partial charge is 0.479 e. The third kappa shape index (κ3) is 2.79. The maximum atomic E-state index is 5.73. The standard InChI is InChI=1S/C12H19N3O2/c1-12(5-7-17-8-6-12)15-10-4-3-9(13)11(14-10)16-2/h3-4H,5-8,13H2,1-2H3,(H,14,15). The van der Waals surface area contributed by atoms with Gasteiger partial charge in [-0.1, -0.05) is 0 Å². The molecule has 1 aromatic heterocycles. The van der Waals surface area contributed by atoms with E-state index in [9.17, 15) is 0 Å². The van der Waals surface area contributed by atoms with Gasteiger partial charge < -0.3 is 20.5 Å². The van der Waals surface area contributed by atoms with E-state index in [1.54, 1.807) is 13.2 Å². The Hall–Kier alpha value is -1.49. The summed E-state index contributed by atoms with van der Waals surface area (Å²) in [7, 11) is 1.57. The normalized spacial score (nSPS) is 18.7. The Bertz CT molecular complexity index is 389. The van der Waals surface area contributed by atoms with Crippen LogP contribution in [0.3, 0.4) is 0 Å². The summed E-state index contributed by atoms with van der Waals surface area (Å²) in [5, 5.41) is 3.43. The van der Waals surface area contributed by atoms with E-state index < -0.39 is 0 Å². The zero-order valence-corrected chi connectivity index (χ0v) is 10.3. The molecule has 17 heavy (non-hydrogen) atoms. The van der Waals surface area contributed by atoms with E-state index in [4.69, 9.17) is 15.2 Å². The lowest BCUT2D eigenvalue weighted by atomic mass is 9.92. The zero-order chi connectivity index (χ0) is 12.3. The molecule has 2 heterocycles. The second-order valence-corrected chi connectivity index (χ2v) is 4.59. The third-order valence-electron chi connectivity index (χ3n) is 3.11. The van der Waals surface area contributed by atoms with Crippen molar-refractivity contribution < 1.29 is 9.47 Å². The van der Waals surface area contributed by atoms with Crippen molar-refractivity contribution in [2.24, 2.45) is 0 Å². The van der Waals surface area contributed by atoms with Crippen LogP contribution in [0.25, 0.3) is 0 Å². The second-order valence-electron chi connectivity index (χ2n) is 4.59. The lowest BCUT2D eigenvalue weighted by molar-refractivity contribution is 0.0657. The Balaban J connectivity index is 2.12. The number of ether oxygens (including phenoxy) is 2. The van der Waals surface area contributed by atoms with Crippen LogP contribution >= 0.6 is 0 Å². The molecule has 0 unspecified atom stereocenters. The molecule has 0 spiro atoms. The number of anilines is 2. The number of methoxy groups -OCH3 is 1. The lowest BCUT2D eigenvalue weighted by Gasteiger charge is -2.35. The summed E-state index contributed by atoms with van der Waals surface area (Å²) in [6.07, 6.45) is 1.95. The molecule has 5 nitrogen and oxygen atoms in total. The van der Waals surface area contributed by atoms with Crippen molar-refractivity contribution in [2.45, 2.75) is 25.3 Å². The van der Waals surface area contributed by atoms with Crippen molar-refractivity contribution >= 4 is 11.5 Å². The molecule has 0 aromatic carbocycles. The molecule has 0 radical (unpaired) electrons. The molecule has 0 aliphatic carbocycles. The summed E-state index contributed by atoms with van der Waals surface area (Å²) in [6, 6.07) is 3.68. The fourth-order valence-electron chi connectivity index (χ4n) is 1.94. The van der Waals surface area contributed by atoms with E-state index in [-0.39, 0.29) is 5.54 Å². The highest BCUT2D eigenvalue weighted by Gasteiger charge is 2.27. The maximum absolute atomic E-state index is 5.73. The van der Waals surface area contributed by atoms with Crippen LogP contribution in [0.4, 0.5) is 11.5 Å². The minimum Gasteiger partial charge on any atom is -0.479 e. The molecule has 2 rings (SSSR count). The van der Waals surface area contributed by atoms with Crippen LogP contribution in [-0.4, -0.2) is 30.8 Å². The number of aromatic nitrogens is 1. The summed E-state index contributed by atoms with van der Waals surface area (Å²) in [6.45, 7) is 3.76. The van der Waals surface area contributed by atoms with Crippen molar-refractivity contribution in [3.63, 3.8) is 0 Å². The highest BCUT2D eigenvalue weighted by atomic mass is 16.5. The number of hydrogen-bond acceptors (Lipinski definition) is 5. The smallest absolute Gasteiger partial charge is 0.238 e. The Labute approximate surface area is 101 Å². The Morgan fingerprint density at radius 2 is 2.12 bits per heavy atom. The zero-order valence-electron chi connectivity index (χ0n) is 10.3. The summed E-state index contributed by atoms with van der Waals surface area (Å²) < 4.78 is 10.5. The van der Waals surface area contributed by atoms with Gasteiger partial charge in [0.2, 0.25) is 5.88 Å². The minimum atomic E-state index is 0.0341. The number of nitrogens with two attached hydrogens (primary N) is 1. The molecule has 1 saturated heterocycles. The number of nitrogens with one attached hydrogen (secondary N) is 1. The highest BCUT2D eigenvalue weighted by molar-refractivity contribution is 5.54. The summed E-state index contributed by atoms with van der Waals surface area (Å²) >= 11 is 0. The van der Waals surface area contributed by atoms with Crippen LogP contribution in [-0.2, 0) is 4.74 Å². The average Bonchev–Trinajstić information content (AvgIpc) is 2.32. The van der Waals surface area contributed by atoms with Gasteiger partial charge in [0.25, 0.3) is 0 Å². The predicted molar refractivity (Wildman–Crippen MR) is 67.3 cm³/mol. The molecule has 1 aliphatic rings. The minimum absolute atomic E-state index is 0.0341. The molecule has 0 bridgehead atoms.